The molecule has 2 aromatic rings. The summed E-state index contributed by atoms with van der Waals surface area (Å²) in [5.41, 5.74) is 7.20. The number of fused-ring (bicyclic) bond motifs is 1. The predicted octanol–water partition coefficient (Wildman–Crippen LogP) is 1.94. The molecule has 3 rings (SSSR count). The van der Waals surface area contributed by atoms with Crippen LogP contribution in [0.5, 0.6) is 5.75 Å². The largest absolute Gasteiger partial charge is 0.497 e. The van der Waals surface area contributed by atoms with Crippen molar-refractivity contribution in [3.8, 4) is 5.75 Å². The summed E-state index contributed by atoms with van der Waals surface area (Å²) < 4.78 is 5.17. The number of nitrogens with two attached hydrogens (primary N) is 1. The lowest BCUT2D eigenvalue weighted by atomic mass is 10.0. The van der Waals surface area contributed by atoms with Gasteiger partial charge in [-0.15, -0.1) is 0 Å². The van der Waals surface area contributed by atoms with Crippen LogP contribution < -0.4 is 10.5 Å². The molecule has 1 aliphatic rings. The number of rotatable bonds is 5. The third-order valence-electron chi connectivity index (χ3n) is 3.65. The van der Waals surface area contributed by atoms with Crippen LogP contribution in [0.2, 0.25) is 0 Å². The van der Waals surface area contributed by atoms with Crippen molar-refractivity contribution < 1.29 is 9.53 Å². The highest BCUT2D eigenvalue weighted by Crippen LogP contribution is 2.38. The van der Waals surface area contributed by atoms with Crippen LogP contribution in [-0.2, 0) is 4.79 Å². The van der Waals surface area contributed by atoms with Crippen molar-refractivity contribution in [2.45, 2.75) is 25.2 Å². The Morgan fingerprint density at radius 3 is 3.00 bits per heavy atom. The molecule has 1 aliphatic carbocycles. The van der Waals surface area contributed by atoms with Crippen LogP contribution in [0.25, 0.3) is 11.0 Å². The molecule has 0 radical (unpaired) electrons. The Morgan fingerprint density at radius 2 is 2.37 bits per heavy atom. The van der Waals surface area contributed by atoms with Crippen molar-refractivity contribution in [1.82, 2.24) is 9.97 Å². The zero-order valence-electron chi connectivity index (χ0n) is 10.8. The normalized spacial score (nSPS) is 16.5. The summed E-state index contributed by atoms with van der Waals surface area (Å²) in [6, 6.07) is 5.61. The smallest absolute Gasteiger partial charge is 0.228 e. The first-order chi connectivity index (χ1) is 9.17. The van der Waals surface area contributed by atoms with Gasteiger partial charge in [0.15, 0.2) is 0 Å². The summed E-state index contributed by atoms with van der Waals surface area (Å²) in [4.78, 5) is 19.3. The number of benzene rings is 1. The van der Waals surface area contributed by atoms with Gasteiger partial charge in [0.25, 0.3) is 0 Å². The van der Waals surface area contributed by atoms with Gasteiger partial charge in [-0.3, -0.25) is 4.79 Å². The number of methoxy groups -OCH3 is 1. The van der Waals surface area contributed by atoms with Crippen molar-refractivity contribution >= 4 is 16.9 Å². The van der Waals surface area contributed by atoms with Gasteiger partial charge in [-0.2, -0.15) is 0 Å². The van der Waals surface area contributed by atoms with Gasteiger partial charge in [-0.05, 0) is 24.5 Å². The van der Waals surface area contributed by atoms with E-state index in [-0.39, 0.29) is 11.8 Å². The number of ether oxygens (including phenoxy) is 1. The second-order valence-electron chi connectivity index (χ2n) is 5.14. The first-order valence-electron chi connectivity index (χ1n) is 6.50. The quantitative estimate of drug-likeness (QED) is 0.861. The second-order valence-corrected chi connectivity index (χ2v) is 5.14. The highest BCUT2D eigenvalue weighted by molar-refractivity contribution is 5.83. The van der Waals surface area contributed by atoms with E-state index in [9.17, 15) is 4.79 Å². The van der Waals surface area contributed by atoms with Crippen LogP contribution in [0.3, 0.4) is 0 Å². The maximum Gasteiger partial charge on any atom is 0.228 e. The zero-order valence-corrected chi connectivity index (χ0v) is 10.8. The van der Waals surface area contributed by atoms with E-state index in [1.165, 1.54) is 12.8 Å². The van der Waals surface area contributed by atoms with Gasteiger partial charge in [0.05, 0.1) is 24.1 Å². The average molecular weight is 259 g/mol. The summed E-state index contributed by atoms with van der Waals surface area (Å²) >= 11 is 0. The monoisotopic (exact) mass is 259 g/mol. The molecule has 0 bridgehead atoms. The third kappa shape index (κ3) is 2.41. The number of amides is 1. The number of primary amides is 1. The Morgan fingerprint density at radius 1 is 1.58 bits per heavy atom. The molecule has 1 saturated carbocycles. The number of carbonyl (C=O) groups is 1. The minimum Gasteiger partial charge on any atom is -0.497 e. The molecule has 3 N–H and O–H groups in total. The molecular weight excluding hydrogens is 242 g/mol. The number of imidazole rings is 1. The summed E-state index contributed by atoms with van der Waals surface area (Å²) in [6.07, 6.45) is 3.18. The molecule has 0 saturated heterocycles. The van der Waals surface area contributed by atoms with Crippen molar-refractivity contribution in [2.24, 2.45) is 11.7 Å². The highest BCUT2D eigenvalue weighted by atomic mass is 16.5. The fourth-order valence-electron chi connectivity index (χ4n) is 2.35. The van der Waals surface area contributed by atoms with Crippen molar-refractivity contribution in [2.75, 3.05) is 7.11 Å². The molecule has 100 valence electrons. The van der Waals surface area contributed by atoms with Crippen LogP contribution in [0, 0.1) is 5.92 Å². The van der Waals surface area contributed by atoms with E-state index < -0.39 is 0 Å². The minimum absolute atomic E-state index is 0.307. The van der Waals surface area contributed by atoms with Gasteiger partial charge < -0.3 is 15.5 Å². The van der Waals surface area contributed by atoms with E-state index in [1.54, 1.807) is 7.11 Å². The van der Waals surface area contributed by atoms with Crippen LogP contribution in [0.4, 0.5) is 0 Å². The Kier molecular flexibility index (Phi) is 2.89. The number of carbonyl (C=O) groups excluding carboxylic acids is 1. The molecule has 19 heavy (non-hydrogen) atoms. The lowest BCUT2D eigenvalue weighted by Crippen LogP contribution is -2.22. The van der Waals surface area contributed by atoms with Gasteiger partial charge in [-0.1, -0.05) is 12.8 Å². The van der Waals surface area contributed by atoms with Crippen molar-refractivity contribution in [1.29, 1.82) is 0 Å². The lowest BCUT2D eigenvalue weighted by molar-refractivity contribution is -0.119. The third-order valence-corrected chi connectivity index (χ3v) is 3.65. The van der Waals surface area contributed by atoms with Gasteiger partial charge >= 0.3 is 0 Å². The number of hydrogen-bond donors (Lipinski definition) is 2. The standard InChI is InChI=1S/C14H17N3O2/c1-19-9-4-5-11-12(7-9)17-14(16-11)10(13(15)18)6-8-2-3-8/h4-5,7-8,10H,2-3,6H2,1H3,(H2,15,18)(H,16,17). The van der Waals surface area contributed by atoms with Crippen molar-refractivity contribution in [3.63, 3.8) is 0 Å². The maximum absolute atomic E-state index is 11.6. The molecular formula is C14H17N3O2. The first-order valence-corrected chi connectivity index (χ1v) is 6.50. The number of nitrogens with one attached hydrogen (secondary N) is 1. The topological polar surface area (TPSA) is 81.0 Å². The predicted molar refractivity (Wildman–Crippen MR) is 71.9 cm³/mol. The molecule has 1 aromatic heterocycles. The average Bonchev–Trinajstić information content (AvgIpc) is 3.12. The lowest BCUT2D eigenvalue weighted by Gasteiger charge is -2.09. The van der Waals surface area contributed by atoms with E-state index in [4.69, 9.17) is 10.5 Å². The van der Waals surface area contributed by atoms with E-state index in [1.807, 2.05) is 18.2 Å². The van der Waals surface area contributed by atoms with Crippen LogP contribution in [0.1, 0.15) is 31.0 Å². The summed E-state index contributed by atoms with van der Waals surface area (Å²) in [5.74, 6) is 1.44. The van der Waals surface area contributed by atoms with E-state index in [0.29, 0.717) is 11.7 Å². The summed E-state index contributed by atoms with van der Waals surface area (Å²) in [6.45, 7) is 0. The minimum atomic E-state index is -0.314. The number of aromatic nitrogens is 2. The zero-order chi connectivity index (χ0) is 13.4. The molecule has 0 spiro atoms. The number of aromatic amines is 1. The molecule has 1 fully saturated rings. The highest BCUT2D eigenvalue weighted by Gasteiger charge is 2.31. The van der Waals surface area contributed by atoms with E-state index in [0.717, 1.165) is 23.2 Å². The SMILES string of the molecule is COc1ccc2nc(C(CC3CC3)C(N)=O)[nH]c2c1. The molecule has 1 unspecified atom stereocenters. The molecule has 1 aromatic carbocycles. The molecule has 1 heterocycles. The van der Waals surface area contributed by atoms with Crippen LogP contribution >= 0.6 is 0 Å². The van der Waals surface area contributed by atoms with Crippen LogP contribution in [-0.4, -0.2) is 23.0 Å². The Bertz CT molecular complexity index is 616. The van der Waals surface area contributed by atoms with Gasteiger partial charge in [-0.25, -0.2) is 4.98 Å². The number of H-pyrrole nitrogens is 1. The first kappa shape index (κ1) is 12.0. The van der Waals surface area contributed by atoms with E-state index in [2.05, 4.69) is 9.97 Å². The molecule has 0 aliphatic heterocycles. The Hall–Kier alpha value is -2.04. The van der Waals surface area contributed by atoms with Crippen molar-refractivity contribution in [3.05, 3.63) is 24.0 Å². The Labute approximate surface area is 111 Å². The molecule has 1 amide bonds. The number of hydrogen-bond acceptors (Lipinski definition) is 3. The van der Waals surface area contributed by atoms with Crippen LogP contribution in [0.15, 0.2) is 18.2 Å². The van der Waals surface area contributed by atoms with Gasteiger partial charge in [0.1, 0.15) is 11.6 Å². The Balaban J connectivity index is 1.95. The molecule has 5 nitrogen and oxygen atoms in total. The number of nitrogens with zero attached hydrogens (tertiary/aromatic N) is 1. The molecule has 5 heteroatoms. The molecule has 1 atom stereocenters. The second kappa shape index (κ2) is 4.57. The summed E-state index contributed by atoms with van der Waals surface area (Å²) in [5, 5.41) is 0. The maximum atomic E-state index is 11.6. The van der Waals surface area contributed by atoms with Gasteiger partial charge in [0.2, 0.25) is 5.91 Å². The fourth-order valence-corrected chi connectivity index (χ4v) is 2.35. The van der Waals surface area contributed by atoms with Gasteiger partial charge in [0, 0.05) is 6.07 Å². The fraction of sp³-hybridized carbons (Fsp3) is 0.429. The summed E-state index contributed by atoms with van der Waals surface area (Å²) in [7, 11) is 1.62. The van der Waals surface area contributed by atoms with E-state index >= 15 is 0 Å².